The molecule has 10 heteroatoms. The van der Waals surface area contributed by atoms with Gasteiger partial charge in [0.25, 0.3) is 11.8 Å². The molecular formula is C18H23N4O5S+. The summed E-state index contributed by atoms with van der Waals surface area (Å²) in [5.41, 5.74) is 0.940. The van der Waals surface area contributed by atoms with Crippen molar-refractivity contribution in [3.63, 3.8) is 0 Å². The number of hydrogen-bond acceptors (Lipinski definition) is 5. The zero-order chi connectivity index (χ0) is 20.7. The molecule has 2 aromatic rings. The summed E-state index contributed by atoms with van der Waals surface area (Å²) in [5.74, 6) is 0.0805. The average molecular weight is 407 g/mol. The molecule has 0 saturated heterocycles. The zero-order valence-corrected chi connectivity index (χ0v) is 16.4. The Hall–Kier alpha value is -2.95. The molecule has 1 unspecified atom stereocenters. The van der Waals surface area contributed by atoms with Gasteiger partial charge in [0.1, 0.15) is 5.75 Å². The molecule has 0 aromatic heterocycles. The van der Waals surface area contributed by atoms with E-state index in [0.29, 0.717) is 22.0 Å². The number of rotatable bonds is 8. The molecule has 1 atom stereocenters. The first-order chi connectivity index (χ1) is 13.2. The molecule has 2 rings (SSSR count). The number of anilines is 2. The summed E-state index contributed by atoms with van der Waals surface area (Å²) in [5, 5.41) is 10.4. The van der Waals surface area contributed by atoms with E-state index in [2.05, 4.69) is 10.6 Å². The van der Waals surface area contributed by atoms with Gasteiger partial charge in [-0.05, 0) is 42.5 Å². The summed E-state index contributed by atoms with van der Waals surface area (Å²) >= 11 is 0. The largest absolute Gasteiger partial charge is 0.497 e. The normalized spacial score (nSPS) is 12.1. The van der Waals surface area contributed by atoms with E-state index in [1.807, 2.05) is 0 Å². The predicted molar refractivity (Wildman–Crippen MR) is 105 cm³/mol. The standard InChI is InChI=1S/C18H22N4O5S/c1-22(11-17(23)20-13-6-8-15(27-2)9-7-13)12-18(24)21-14-4-3-5-16(10-14)28(19,25)26/h3-10H,11-12H2,1-2H3,(H,20,23)(H,21,24)(H2,19,25,26)/p+1. The van der Waals surface area contributed by atoms with E-state index in [-0.39, 0.29) is 29.8 Å². The SMILES string of the molecule is COc1ccc(NC(=O)C[NH+](C)CC(=O)Nc2cccc(S(N)(=O)=O)c2)cc1. The summed E-state index contributed by atoms with van der Waals surface area (Å²) < 4.78 is 27.8. The van der Waals surface area contributed by atoms with E-state index < -0.39 is 10.0 Å². The minimum atomic E-state index is -3.85. The average Bonchev–Trinajstić information content (AvgIpc) is 2.61. The van der Waals surface area contributed by atoms with Crippen molar-refractivity contribution in [3.05, 3.63) is 48.5 Å². The molecule has 5 N–H and O–H groups in total. The van der Waals surface area contributed by atoms with Crippen molar-refractivity contribution < 1.29 is 27.6 Å². The lowest BCUT2D eigenvalue weighted by Crippen LogP contribution is -3.11. The van der Waals surface area contributed by atoms with Gasteiger partial charge in [-0.15, -0.1) is 0 Å². The van der Waals surface area contributed by atoms with Crippen LogP contribution < -0.4 is 25.4 Å². The lowest BCUT2D eigenvalue weighted by atomic mass is 10.3. The summed E-state index contributed by atoms with van der Waals surface area (Å²) in [6.07, 6.45) is 0. The van der Waals surface area contributed by atoms with Gasteiger partial charge in [0.15, 0.2) is 13.1 Å². The molecule has 2 amide bonds. The summed E-state index contributed by atoms with van der Waals surface area (Å²) in [6.45, 7) is 0.103. The van der Waals surface area contributed by atoms with E-state index >= 15 is 0 Å². The smallest absolute Gasteiger partial charge is 0.279 e. The maximum absolute atomic E-state index is 12.1. The molecule has 0 fully saturated rings. The van der Waals surface area contributed by atoms with Gasteiger partial charge >= 0.3 is 0 Å². The number of hydrogen-bond donors (Lipinski definition) is 4. The van der Waals surface area contributed by atoms with Crippen LogP contribution in [0.4, 0.5) is 11.4 Å². The van der Waals surface area contributed by atoms with E-state index in [4.69, 9.17) is 9.88 Å². The lowest BCUT2D eigenvalue weighted by Gasteiger charge is -2.14. The molecule has 0 bridgehead atoms. The Bertz CT molecular complexity index is 945. The second-order valence-corrected chi connectivity index (χ2v) is 7.77. The van der Waals surface area contributed by atoms with Crippen LogP contribution in [0, 0.1) is 0 Å². The first kappa shape index (κ1) is 21.4. The first-order valence-electron chi connectivity index (χ1n) is 8.35. The lowest BCUT2D eigenvalue weighted by molar-refractivity contribution is -0.862. The summed E-state index contributed by atoms with van der Waals surface area (Å²) in [7, 11) is -0.592. The molecule has 0 heterocycles. The van der Waals surface area contributed by atoms with Gasteiger partial charge in [0.05, 0.1) is 19.1 Å². The summed E-state index contributed by atoms with van der Waals surface area (Å²) in [4.78, 5) is 24.8. The Morgan fingerprint density at radius 3 is 2.11 bits per heavy atom. The molecular weight excluding hydrogens is 384 g/mol. The van der Waals surface area contributed by atoms with E-state index in [9.17, 15) is 18.0 Å². The Kier molecular flexibility index (Phi) is 7.10. The fourth-order valence-corrected chi connectivity index (χ4v) is 3.01. The van der Waals surface area contributed by atoms with E-state index in [1.54, 1.807) is 44.5 Å². The number of ether oxygens (including phenoxy) is 1. The third-order valence-electron chi connectivity index (χ3n) is 3.74. The highest BCUT2D eigenvalue weighted by Crippen LogP contribution is 2.15. The van der Waals surface area contributed by atoms with Gasteiger partial charge in [-0.3, -0.25) is 9.59 Å². The van der Waals surface area contributed by atoms with Gasteiger partial charge in [0, 0.05) is 11.4 Å². The van der Waals surface area contributed by atoms with Gasteiger partial charge in [-0.1, -0.05) is 6.07 Å². The number of carbonyl (C=O) groups is 2. The minimum Gasteiger partial charge on any atom is -0.497 e. The van der Waals surface area contributed by atoms with Gasteiger partial charge < -0.3 is 20.3 Å². The molecule has 28 heavy (non-hydrogen) atoms. The van der Waals surface area contributed by atoms with Crippen molar-refractivity contribution >= 4 is 33.2 Å². The second-order valence-electron chi connectivity index (χ2n) is 6.21. The van der Waals surface area contributed by atoms with Crippen LogP contribution in [0.2, 0.25) is 0 Å². The van der Waals surface area contributed by atoms with Gasteiger partial charge in [0.2, 0.25) is 10.0 Å². The van der Waals surface area contributed by atoms with Crippen LogP contribution in [-0.4, -0.2) is 47.5 Å². The summed E-state index contributed by atoms with van der Waals surface area (Å²) in [6, 6.07) is 12.6. The van der Waals surface area contributed by atoms with Crippen LogP contribution in [0.5, 0.6) is 5.75 Å². The number of sulfonamides is 1. The fourth-order valence-electron chi connectivity index (χ4n) is 2.45. The molecule has 150 valence electrons. The Morgan fingerprint density at radius 2 is 1.57 bits per heavy atom. The highest BCUT2D eigenvalue weighted by atomic mass is 32.2. The number of benzene rings is 2. The van der Waals surface area contributed by atoms with E-state index in [0.717, 1.165) is 0 Å². The number of carbonyl (C=O) groups excluding carboxylic acids is 2. The topological polar surface area (TPSA) is 132 Å². The Morgan fingerprint density at radius 1 is 1.00 bits per heavy atom. The number of primary sulfonamides is 1. The molecule has 0 aliphatic carbocycles. The van der Waals surface area contributed by atoms with Crippen molar-refractivity contribution in [1.29, 1.82) is 0 Å². The maximum atomic E-state index is 12.1. The van der Waals surface area contributed by atoms with Crippen LogP contribution in [-0.2, 0) is 19.6 Å². The molecule has 0 aliphatic heterocycles. The van der Waals surface area contributed by atoms with Crippen molar-refractivity contribution in [2.45, 2.75) is 4.90 Å². The highest BCUT2D eigenvalue weighted by Gasteiger charge is 2.15. The van der Waals surface area contributed by atoms with Crippen LogP contribution in [0.3, 0.4) is 0 Å². The van der Waals surface area contributed by atoms with Crippen LogP contribution in [0.1, 0.15) is 0 Å². The van der Waals surface area contributed by atoms with Crippen molar-refractivity contribution in [2.24, 2.45) is 5.14 Å². The maximum Gasteiger partial charge on any atom is 0.279 e. The number of likely N-dealkylation sites (N-methyl/N-ethyl adjacent to an activating group) is 1. The Balaban J connectivity index is 1.85. The molecule has 2 aromatic carbocycles. The van der Waals surface area contributed by atoms with Gasteiger partial charge in [-0.25, -0.2) is 13.6 Å². The van der Waals surface area contributed by atoms with Crippen molar-refractivity contribution in [2.75, 3.05) is 37.9 Å². The van der Waals surface area contributed by atoms with Crippen LogP contribution in [0.25, 0.3) is 0 Å². The monoisotopic (exact) mass is 407 g/mol. The second kappa shape index (κ2) is 9.31. The van der Waals surface area contributed by atoms with Crippen molar-refractivity contribution in [1.82, 2.24) is 0 Å². The minimum absolute atomic E-state index is 0.0234. The quantitative estimate of drug-likeness (QED) is 0.466. The number of quaternary nitrogens is 1. The van der Waals surface area contributed by atoms with Gasteiger partial charge in [-0.2, -0.15) is 0 Å². The number of nitrogens with one attached hydrogen (secondary N) is 3. The van der Waals surface area contributed by atoms with Crippen molar-refractivity contribution in [3.8, 4) is 5.75 Å². The number of amides is 2. The molecule has 0 aliphatic rings. The number of nitrogens with two attached hydrogens (primary N) is 1. The van der Waals surface area contributed by atoms with Crippen LogP contribution >= 0.6 is 0 Å². The first-order valence-corrected chi connectivity index (χ1v) is 9.90. The Labute approximate surface area is 163 Å². The van der Waals surface area contributed by atoms with E-state index in [1.165, 1.54) is 18.2 Å². The molecule has 0 spiro atoms. The third kappa shape index (κ3) is 6.65. The fraction of sp³-hybridized carbons (Fsp3) is 0.222. The molecule has 0 radical (unpaired) electrons. The highest BCUT2D eigenvalue weighted by molar-refractivity contribution is 7.89. The zero-order valence-electron chi connectivity index (χ0n) is 15.6. The molecule has 9 nitrogen and oxygen atoms in total. The van der Waals surface area contributed by atoms with Crippen LogP contribution in [0.15, 0.2) is 53.4 Å². The number of methoxy groups -OCH3 is 1. The molecule has 0 saturated carbocycles. The third-order valence-corrected chi connectivity index (χ3v) is 4.66. The predicted octanol–water partition coefficient (Wildman–Crippen LogP) is -0.565.